The maximum atomic E-state index is 8.81. The van der Waals surface area contributed by atoms with Crippen molar-refractivity contribution in [2.45, 2.75) is 6.92 Å². The SMILES string of the molecule is Cc1cccc(O)c1.[H-].[Na+]. The van der Waals surface area contributed by atoms with Gasteiger partial charge in [0.05, 0.1) is 0 Å². The Bertz CT molecular complexity index is 173. The Morgan fingerprint density at radius 1 is 1.44 bits per heavy atom. The molecule has 1 aromatic carbocycles. The van der Waals surface area contributed by atoms with Crippen LogP contribution >= 0.6 is 0 Å². The Hall–Kier alpha value is 0.0200. The first kappa shape index (κ1) is 9.02. The maximum Gasteiger partial charge on any atom is 1.00 e. The molecule has 1 N–H and O–H groups in total. The van der Waals surface area contributed by atoms with Crippen LogP contribution in [-0.2, 0) is 0 Å². The van der Waals surface area contributed by atoms with E-state index in [2.05, 4.69) is 0 Å². The summed E-state index contributed by atoms with van der Waals surface area (Å²) in [7, 11) is 0. The molecule has 1 aromatic rings. The molecular weight excluding hydrogens is 123 g/mol. The fourth-order valence-electron chi connectivity index (χ4n) is 0.628. The van der Waals surface area contributed by atoms with Gasteiger partial charge in [0.1, 0.15) is 5.75 Å². The molecule has 2 heteroatoms. The molecule has 0 radical (unpaired) electrons. The molecule has 0 heterocycles. The quantitative estimate of drug-likeness (QED) is 0.440. The van der Waals surface area contributed by atoms with E-state index in [4.69, 9.17) is 5.11 Å². The van der Waals surface area contributed by atoms with Crippen LogP contribution in [0.3, 0.4) is 0 Å². The number of aromatic hydroxyl groups is 1. The summed E-state index contributed by atoms with van der Waals surface area (Å²) in [4.78, 5) is 0. The first-order valence-corrected chi connectivity index (χ1v) is 2.54. The molecule has 1 rings (SSSR count). The van der Waals surface area contributed by atoms with Gasteiger partial charge in [0.2, 0.25) is 0 Å². The maximum absolute atomic E-state index is 8.81. The van der Waals surface area contributed by atoms with E-state index < -0.39 is 0 Å². The van der Waals surface area contributed by atoms with Gasteiger partial charge >= 0.3 is 29.6 Å². The fourth-order valence-corrected chi connectivity index (χ4v) is 0.628. The molecular formula is C7H9NaO. The van der Waals surface area contributed by atoms with E-state index in [-0.39, 0.29) is 31.0 Å². The van der Waals surface area contributed by atoms with Crippen LogP contribution in [0.1, 0.15) is 6.99 Å². The number of aryl methyl sites for hydroxylation is 1. The number of phenolic OH excluding ortho intramolecular Hbond substituents is 1. The van der Waals surface area contributed by atoms with Crippen LogP contribution in [0, 0.1) is 6.92 Å². The molecule has 0 aliphatic carbocycles. The van der Waals surface area contributed by atoms with Crippen LogP contribution in [0.2, 0.25) is 0 Å². The van der Waals surface area contributed by atoms with E-state index >= 15 is 0 Å². The summed E-state index contributed by atoms with van der Waals surface area (Å²) in [5, 5.41) is 8.81. The first-order chi connectivity index (χ1) is 3.79. The second kappa shape index (κ2) is 3.94. The van der Waals surface area contributed by atoms with Crippen molar-refractivity contribution >= 4 is 0 Å². The third-order valence-corrected chi connectivity index (χ3v) is 1.00. The van der Waals surface area contributed by atoms with Gasteiger partial charge in [-0.25, -0.2) is 0 Å². The Balaban J connectivity index is 0. The van der Waals surface area contributed by atoms with E-state index in [1.54, 1.807) is 12.1 Å². The molecule has 0 bridgehead atoms. The van der Waals surface area contributed by atoms with E-state index in [0.717, 1.165) is 5.56 Å². The second-order valence-corrected chi connectivity index (χ2v) is 1.84. The zero-order valence-electron chi connectivity index (χ0n) is 6.76. The molecule has 0 atom stereocenters. The average Bonchev–Trinajstić information content (AvgIpc) is 1.64. The number of hydrogen-bond acceptors (Lipinski definition) is 1. The molecule has 0 aliphatic rings. The van der Waals surface area contributed by atoms with Gasteiger partial charge < -0.3 is 6.53 Å². The third-order valence-electron chi connectivity index (χ3n) is 1.00. The van der Waals surface area contributed by atoms with Crippen LogP contribution in [0.5, 0.6) is 5.75 Å². The predicted octanol–water partition coefficient (Wildman–Crippen LogP) is -1.18. The van der Waals surface area contributed by atoms with Crippen LogP contribution in [0.4, 0.5) is 0 Å². The molecule has 0 saturated carbocycles. The first-order valence-electron chi connectivity index (χ1n) is 2.54. The summed E-state index contributed by atoms with van der Waals surface area (Å²) in [6.45, 7) is 1.94. The molecule has 0 spiro atoms. The molecule has 0 aliphatic heterocycles. The van der Waals surface area contributed by atoms with Crippen molar-refractivity contribution in [3.8, 4) is 5.75 Å². The molecule has 0 amide bonds. The topological polar surface area (TPSA) is 20.2 Å². The van der Waals surface area contributed by atoms with Crippen molar-refractivity contribution < 1.29 is 36.1 Å². The van der Waals surface area contributed by atoms with Gasteiger partial charge in [0, 0.05) is 0 Å². The van der Waals surface area contributed by atoms with Crippen LogP contribution in [0.15, 0.2) is 24.3 Å². The van der Waals surface area contributed by atoms with Crippen LogP contribution in [0.25, 0.3) is 0 Å². The molecule has 44 valence electrons. The standard InChI is InChI=1S/C7H8O.Na.H/c1-6-3-2-4-7(8)5-6;;/h2-5,8H,1H3;;/q;+1;-1. The molecule has 1 nitrogen and oxygen atoms in total. The predicted molar refractivity (Wildman–Crippen MR) is 34.0 cm³/mol. The minimum absolute atomic E-state index is 0. The minimum atomic E-state index is 0. The van der Waals surface area contributed by atoms with E-state index in [9.17, 15) is 0 Å². The Morgan fingerprint density at radius 3 is 2.44 bits per heavy atom. The summed E-state index contributed by atoms with van der Waals surface area (Å²) < 4.78 is 0. The summed E-state index contributed by atoms with van der Waals surface area (Å²) >= 11 is 0. The zero-order chi connectivity index (χ0) is 5.98. The van der Waals surface area contributed by atoms with Crippen molar-refractivity contribution in [3.63, 3.8) is 0 Å². The molecule has 0 unspecified atom stereocenters. The summed E-state index contributed by atoms with van der Waals surface area (Å²) in [6, 6.07) is 7.15. The van der Waals surface area contributed by atoms with Gasteiger partial charge in [-0.2, -0.15) is 0 Å². The normalized spacial score (nSPS) is 8.11. The fraction of sp³-hybridized carbons (Fsp3) is 0.143. The van der Waals surface area contributed by atoms with Gasteiger partial charge in [-0.1, -0.05) is 12.1 Å². The van der Waals surface area contributed by atoms with Crippen molar-refractivity contribution in [1.82, 2.24) is 0 Å². The zero-order valence-corrected chi connectivity index (χ0v) is 7.76. The van der Waals surface area contributed by atoms with E-state index in [0.29, 0.717) is 5.75 Å². The minimum Gasteiger partial charge on any atom is -1.00 e. The number of hydrogen-bond donors (Lipinski definition) is 1. The number of rotatable bonds is 0. The molecule has 0 aromatic heterocycles. The molecule has 9 heavy (non-hydrogen) atoms. The second-order valence-electron chi connectivity index (χ2n) is 1.84. The summed E-state index contributed by atoms with van der Waals surface area (Å²) in [6.07, 6.45) is 0. The van der Waals surface area contributed by atoms with Crippen molar-refractivity contribution in [1.29, 1.82) is 0 Å². The van der Waals surface area contributed by atoms with Gasteiger partial charge in [-0.15, -0.1) is 0 Å². The van der Waals surface area contributed by atoms with Crippen molar-refractivity contribution in [2.75, 3.05) is 0 Å². The Morgan fingerprint density at radius 2 is 2.11 bits per heavy atom. The van der Waals surface area contributed by atoms with E-state index in [1.807, 2.05) is 19.1 Å². The monoisotopic (exact) mass is 132 g/mol. The van der Waals surface area contributed by atoms with Gasteiger partial charge in [-0.05, 0) is 24.6 Å². The Labute approximate surface area is 78.5 Å². The van der Waals surface area contributed by atoms with Gasteiger partial charge in [-0.3, -0.25) is 0 Å². The third kappa shape index (κ3) is 2.89. The van der Waals surface area contributed by atoms with Gasteiger partial charge in [0.25, 0.3) is 0 Å². The number of benzene rings is 1. The summed E-state index contributed by atoms with van der Waals surface area (Å²) in [5.74, 6) is 0.338. The van der Waals surface area contributed by atoms with E-state index in [1.165, 1.54) is 0 Å². The van der Waals surface area contributed by atoms with Gasteiger partial charge in [0.15, 0.2) is 0 Å². The smallest absolute Gasteiger partial charge is 1.00 e. The molecule has 0 saturated heterocycles. The Kier molecular flexibility index (Phi) is 3.95. The average molecular weight is 132 g/mol. The summed E-state index contributed by atoms with van der Waals surface area (Å²) in [5.41, 5.74) is 1.09. The molecule has 0 fully saturated rings. The van der Waals surface area contributed by atoms with Crippen molar-refractivity contribution in [3.05, 3.63) is 29.8 Å². The van der Waals surface area contributed by atoms with Crippen LogP contribution in [-0.4, -0.2) is 5.11 Å². The largest absolute Gasteiger partial charge is 1.00 e. The van der Waals surface area contributed by atoms with Crippen LogP contribution < -0.4 is 29.6 Å². The van der Waals surface area contributed by atoms with Crippen molar-refractivity contribution in [2.24, 2.45) is 0 Å². The number of phenols is 1.